The molecule has 1 fully saturated rings. The van der Waals surface area contributed by atoms with E-state index in [-0.39, 0.29) is 11.6 Å². The number of pyridine rings is 1. The van der Waals surface area contributed by atoms with Crippen molar-refractivity contribution in [2.24, 2.45) is 0 Å². The molecular formula is C13H19ClN4O. The van der Waals surface area contributed by atoms with Crippen LogP contribution in [0.25, 0.3) is 0 Å². The molecule has 6 heteroatoms. The molecule has 104 valence electrons. The molecule has 1 aliphatic heterocycles. The molecule has 0 aromatic carbocycles. The highest BCUT2D eigenvalue weighted by Crippen LogP contribution is 2.15. The van der Waals surface area contributed by atoms with Gasteiger partial charge in [0.05, 0.1) is 5.02 Å². The van der Waals surface area contributed by atoms with Crippen LogP contribution in [0.5, 0.6) is 0 Å². The monoisotopic (exact) mass is 282 g/mol. The minimum absolute atomic E-state index is 0.190. The second-order valence-corrected chi connectivity index (χ2v) is 5.28. The van der Waals surface area contributed by atoms with Gasteiger partial charge in [0.1, 0.15) is 11.5 Å². The lowest BCUT2D eigenvalue weighted by Crippen LogP contribution is -2.40. The van der Waals surface area contributed by atoms with Crippen molar-refractivity contribution in [3.63, 3.8) is 0 Å². The minimum Gasteiger partial charge on any atom is -0.384 e. The molecule has 2 rings (SSSR count). The van der Waals surface area contributed by atoms with Crippen LogP contribution in [0.15, 0.2) is 12.1 Å². The highest BCUT2D eigenvalue weighted by Gasteiger charge is 2.19. The normalized spacial score (nSPS) is 17.4. The Bertz CT molecular complexity index is 460. The zero-order valence-corrected chi connectivity index (χ0v) is 11.8. The third kappa shape index (κ3) is 3.58. The summed E-state index contributed by atoms with van der Waals surface area (Å²) in [6.07, 6.45) is 2.47. The molecule has 0 bridgehead atoms. The predicted octanol–water partition coefficient (Wildman–Crippen LogP) is 1.53. The second-order valence-electron chi connectivity index (χ2n) is 4.87. The molecule has 0 saturated carbocycles. The number of hydrogen-bond acceptors (Lipinski definition) is 4. The molecule has 2 heterocycles. The van der Waals surface area contributed by atoms with Gasteiger partial charge in [-0.3, -0.25) is 9.69 Å². The summed E-state index contributed by atoms with van der Waals surface area (Å²) in [6.45, 7) is 4.91. The summed E-state index contributed by atoms with van der Waals surface area (Å²) in [4.78, 5) is 18.3. The van der Waals surface area contributed by atoms with E-state index in [4.69, 9.17) is 17.3 Å². The van der Waals surface area contributed by atoms with Crippen molar-refractivity contribution in [2.45, 2.75) is 25.8 Å². The molecule has 1 aliphatic rings. The molecule has 1 amide bonds. The van der Waals surface area contributed by atoms with Crippen LogP contribution < -0.4 is 11.1 Å². The molecule has 3 N–H and O–H groups in total. The highest BCUT2D eigenvalue weighted by atomic mass is 35.5. The van der Waals surface area contributed by atoms with Gasteiger partial charge in [-0.1, -0.05) is 11.6 Å². The first-order valence-electron chi connectivity index (χ1n) is 6.52. The van der Waals surface area contributed by atoms with E-state index in [1.54, 1.807) is 12.1 Å². The van der Waals surface area contributed by atoms with Crippen LogP contribution in [-0.4, -0.2) is 41.5 Å². The average Bonchev–Trinajstić information content (AvgIpc) is 2.92. The molecule has 19 heavy (non-hydrogen) atoms. The van der Waals surface area contributed by atoms with Crippen LogP contribution in [0.2, 0.25) is 5.02 Å². The molecule has 1 saturated heterocycles. The lowest BCUT2D eigenvalue weighted by atomic mass is 10.2. The van der Waals surface area contributed by atoms with Gasteiger partial charge < -0.3 is 11.1 Å². The Kier molecular flexibility index (Phi) is 4.61. The third-order valence-electron chi connectivity index (χ3n) is 3.40. The summed E-state index contributed by atoms with van der Waals surface area (Å²) in [7, 11) is 0. The molecule has 1 atom stereocenters. The van der Waals surface area contributed by atoms with E-state index in [1.165, 1.54) is 12.8 Å². The lowest BCUT2D eigenvalue weighted by molar-refractivity contribution is 0.0935. The highest BCUT2D eigenvalue weighted by molar-refractivity contribution is 6.33. The van der Waals surface area contributed by atoms with Crippen LogP contribution in [0.3, 0.4) is 0 Å². The predicted molar refractivity (Wildman–Crippen MR) is 76.3 cm³/mol. The summed E-state index contributed by atoms with van der Waals surface area (Å²) in [6, 6.07) is 3.49. The van der Waals surface area contributed by atoms with Crippen LogP contribution in [0, 0.1) is 0 Å². The Morgan fingerprint density at radius 1 is 1.53 bits per heavy atom. The fourth-order valence-corrected chi connectivity index (χ4v) is 2.44. The number of nitrogens with zero attached hydrogens (tertiary/aromatic N) is 2. The standard InChI is InChI=1S/C13H19ClN4O/c1-9(18-6-2-3-7-18)8-16-13(19)12-10(14)4-5-11(15)17-12/h4-5,9H,2-3,6-8H2,1H3,(H2,15,17)(H,16,19). The Labute approximate surface area is 118 Å². The number of hydrogen-bond donors (Lipinski definition) is 2. The topological polar surface area (TPSA) is 71.2 Å². The Hall–Kier alpha value is -1.33. The smallest absolute Gasteiger partial charge is 0.271 e. The van der Waals surface area contributed by atoms with Crippen molar-refractivity contribution in [3.8, 4) is 0 Å². The maximum absolute atomic E-state index is 12.0. The maximum atomic E-state index is 12.0. The SMILES string of the molecule is CC(CNC(=O)c1nc(N)ccc1Cl)N1CCCC1. The van der Waals surface area contributed by atoms with E-state index in [0.29, 0.717) is 23.4 Å². The molecule has 1 aromatic rings. The fraction of sp³-hybridized carbons (Fsp3) is 0.538. The number of nitrogen functional groups attached to an aromatic ring is 1. The summed E-state index contributed by atoms with van der Waals surface area (Å²) in [5.41, 5.74) is 5.75. The first-order valence-corrected chi connectivity index (χ1v) is 6.90. The quantitative estimate of drug-likeness (QED) is 0.879. The van der Waals surface area contributed by atoms with Gasteiger partial charge in [0.25, 0.3) is 5.91 Å². The van der Waals surface area contributed by atoms with Gasteiger partial charge in [-0.05, 0) is 45.0 Å². The number of amides is 1. The number of carbonyl (C=O) groups excluding carboxylic acids is 1. The molecule has 1 aromatic heterocycles. The maximum Gasteiger partial charge on any atom is 0.271 e. The van der Waals surface area contributed by atoms with Crippen LogP contribution >= 0.6 is 11.6 Å². The first-order chi connectivity index (χ1) is 9.08. The number of anilines is 1. The number of rotatable bonds is 4. The van der Waals surface area contributed by atoms with E-state index >= 15 is 0 Å². The summed E-state index contributed by atoms with van der Waals surface area (Å²) >= 11 is 5.94. The van der Waals surface area contributed by atoms with Gasteiger partial charge in [-0.15, -0.1) is 0 Å². The zero-order chi connectivity index (χ0) is 13.8. The van der Waals surface area contributed by atoms with Gasteiger partial charge in [0.15, 0.2) is 0 Å². The number of halogens is 1. The van der Waals surface area contributed by atoms with E-state index in [1.807, 2.05) is 0 Å². The van der Waals surface area contributed by atoms with Crippen molar-refractivity contribution in [3.05, 3.63) is 22.8 Å². The Balaban J connectivity index is 1.91. The number of carbonyl (C=O) groups is 1. The molecule has 0 aliphatic carbocycles. The van der Waals surface area contributed by atoms with Gasteiger partial charge in [-0.25, -0.2) is 4.98 Å². The molecule has 1 unspecified atom stereocenters. The Morgan fingerprint density at radius 2 is 2.21 bits per heavy atom. The minimum atomic E-state index is -0.275. The largest absolute Gasteiger partial charge is 0.384 e. The van der Waals surface area contributed by atoms with Gasteiger partial charge in [-0.2, -0.15) is 0 Å². The van der Waals surface area contributed by atoms with Crippen molar-refractivity contribution >= 4 is 23.3 Å². The molecule has 0 spiro atoms. The van der Waals surface area contributed by atoms with Crippen molar-refractivity contribution in [1.29, 1.82) is 0 Å². The van der Waals surface area contributed by atoms with E-state index in [0.717, 1.165) is 13.1 Å². The summed E-state index contributed by atoms with van der Waals surface area (Å²) < 4.78 is 0. The molecule has 5 nitrogen and oxygen atoms in total. The fourth-order valence-electron chi connectivity index (χ4n) is 2.25. The van der Waals surface area contributed by atoms with Crippen LogP contribution in [-0.2, 0) is 0 Å². The van der Waals surface area contributed by atoms with Gasteiger partial charge in [0, 0.05) is 12.6 Å². The van der Waals surface area contributed by atoms with Gasteiger partial charge in [0.2, 0.25) is 0 Å². The number of nitrogens with two attached hydrogens (primary N) is 1. The average molecular weight is 283 g/mol. The number of likely N-dealkylation sites (tertiary alicyclic amines) is 1. The van der Waals surface area contributed by atoms with Crippen molar-refractivity contribution in [1.82, 2.24) is 15.2 Å². The Morgan fingerprint density at radius 3 is 2.89 bits per heavy atom. The molecule has 0 radical (unpaired) electrons. The second kappa shape index (κ2) is 6.21. The van der Waals surface area contributed by atoms with Crippen LogP contribution in [0.1, 0.15) is 30.3 Å². The van der Waals surface area contributed by atoms with E-state index < -0.39 is 0 Å². The first kappa shape index (κ1) is 14.1. The number of aromatic nitrogens is 1. The van der Waals surface area contributed by atoms with E-state index in [2.05, 4.69) is 22.1 Å². The summed E-state index contributed by atoms with van der Waals surface area (Å²) in [5, 5.41) is 3.18. The zero-order valence-electron chi connectivity index (χ0n) is 11.0. The number of nitrogens with one attached hydrogen (secondary N) is 1. The van der Waals surface area contributed by atoms with Crippen molar-refractivity contribution < 1.29 is 4.79 Å². The lowest BCUT2D eigenvalue weighted by Gasteiger charge is -2.23. The third-order valence-corrected chi connectivity index (χ3v) is 3.71. The molecular weight excluding hydrogens is 264 g/mol. The summed E-state index contributed by atoms with van der Waals surface area (Å²) in [5.74, 6) is 0.0190. The van der Waals surface area contributed by atoms with Crippen LogP contribution in [0.4, 0.5) is 5.82 Å². The van der Waals surface area contributed by atoms with Gasteiger partial charge >= 0.3 is 0 Å². The van der Waals surface area contributed by atoms with E-state index in [9.17, 15) is 4.79 Å². The van der Waals surface area contributed by atoms with Crippen molar-refractivity contribution in [2.75, 3.05) is 25.4 Å².